The van der Waals surface area contributed by atoms with Crippen molar-refractivity contribution in [1.29, 1.82) is 0 Å². The minimum atomic E-state index is -0.946. The van der Waals surface area contributed by atoms with Crippen molar-refractivity contribution in [2.24, 2.45) is 0 Å². The van der Waals surface area contributed by atoms with Gasteiger partial charge in [-0.3, -0.25) is 4.79 Å². The van der Waals surface area contributed by atoms with E-state index in [2.05, 4.69) is 5.32 Å². The number of carbonyl (C=O) groups excluding carboxylic acids is 1. The van der Waals surface area contributed by atoms with E-state index in [0.717, 1.165) is 5.56 Å². The Morgan fingerprint density at radius 2 is 2.05 bits per heavy atom. The molecule has 0 fully saturated rings. The van der Waals surface area contributed by atoms with Crippen LogP contribution in [0.4, 0.5) is 4.79 Å². The molecule has 6 nitrogen and oxygen atoms in total. The maximum Gasteiger partial charge on any atom is 0.317 e. The molecular weight excluding hydrogens is 308 g/mol. The summed E-state index contributed by atoms with van der Waals surface area (Å²) in [6, 6.07) is 6.58. The third kappa shape index (κ3) is 5.20. The molecule has 0 heterocycles. The van der Waals surface area contributed by atoms with Crippen molar-refractivity contribution in [3.05, 3.63) is 34.9 Å². The number of methoxy groups -OCH3 is 1. The highest BCUT2D eigenvalue weighted by Gasteiger charge is 2.23. The quantitative estimate of drug-likeness (QED) is 0.806. The number of urea groups is 1. The molecule has 2 atom stereocenters. The molecule has 22 heavy (non-hydrogen) atoms. The first-order chi connectivity index (χ1) is 10.4. The van der Waals surface area contributed by atoms with Crippen LogP contribution >= 0.6 is 11.6 Å². The van der Waals surface area contributed by atoms with E-state index in [0.29, 0.717) is 5.02 Å². The lowest BCUT2D eigenvalue weighted by molar-refractivity contribution is -0.137. The van der Waals surface area contributed by atoms with Gasteiger partial charge in [0.25, 0.3) is 0 Å². The van der Waals surface area contributed by atoms with Crippen LogP contribution in [0, 0.1) is 0 Å². The number of rotatable bonds is 7. The highest BCUT2D eigenvalue weighted by molar-refractivity contribution is 6.31. The number of carboxylic acids is 1. The highest BCUT2D eigenvalue weighted by Crippen LogP contribution is 2.27. The van der Waals surface area contributed by atoms with E-state index in [1.807, 2.05) is 18.2 Å². The second kappa shape index (κ2) is 8.60. The number of ether oxygens (including phenoxy) is 1. The van der Waals surface area contributed by atoms with Crippen LogP contribution in [0.5, 0.6) is 0 Å². The Bertz CT molecular complexity index is 524. The van der Waals surface area contributed by atoms with Gasteiger partial charge >= 0.3 is 12.0 Å². The largest absolute Gasteiger partial charge is 0.481 e. The van der Waals surface area contributed by atoms with Gasteiger partial charge in [0.1, 0.15) is 6.10 Å². The highest BCUT2D eigenvalue weighted by atomic mass is 35.5. The van der Waals surface area contributed by atoms with Crippen LogP contribution in [0.2, 0.25) is 5.02 Å². The van der Waals surface area contributed by atoms with Crippen LogP contribution in [-0.4, -0.2) is 48.8 Å². The summed E-state index contributed by atoms with van der Waals surface area (Å²) < 4.78 is 5.45. The molecule has 1 aromatic carbocycles. The number of aliphatic carboxylic acids is 1. The fourth-order valence-electron chi connectivity index (χ4n) is 2.05. The van der Waals surface area contributed by atoms with Gasteiger partial charge in [0.15, 0.2) is 0 Å². The summed E-state index contributed by atoms with van der Waals surface area (Å²) in [5, 5.41) is 12.0. The maximum atomic E-state index is 12.0. The molecule has 0 radical (unpaired) electrons. The molecule has 1 aromatic rings. The van der Waals surface area contributed by atoms with Gasteiger partial charge in [-0.2, -0.15) is 0 Å². The Kier molecular flexibility index (Phi) is 7.14. The number of nitrogens with one attached hydrogen (secondary N) is 1. The van der Waals surface area contributed by atoms with Crippen molar-refractivity contribution in [3.8, 4) is 0 Å². The Balaban J connectivity index is 2.69. The summed E-state index contributed by atoms with van der Waals surface area (Å²) in [5.41, 5.74) is 0.785. The predicted molar refractivity (Wildman–Crippen MR) is 84.1 cm³/mol. The van der Waals surface area contributed by atoms with Crippen molar-refractivity contribution in [2.45, 2.75) is 25.5 Å². The van der Waals surface area contributed by atoms with Gasteiger partial charge in [0, 0.05) is 31.3 Å². The minimum absolute atomic E-state index is 0.101. The molecule has 1 rings (SSSR count). The molecule has 0 aliphatic carbocycles. The number of amides is 2. The van der Waals surface area contributed by atoms with E-state index in [1.54, 1.807) is 27.1 Å². The molecule has 0 aliphatic heterocycles. The molecule has 0 saturated carbocycles. The predicted octanol–water partition coefficient (Wildman–Crippen LogP) is 2.53. The second-order valence-corrected chi connectivity index (χ2v) is 5.39. The molecule has 0 saturated heterocycles. The van der Waals surface area contributed by atoms with Gasteiger partial charge in [-0.15, -0.1) is 0 Å². The zero-order valence-electron chi connectivity index (χ0n) is 12.9. The Labute approximate surface area is 135 Å². The first-order valence-electron chi connectivity index (χ1n) is 6.87. The van der Waals surface area contributed by atoms with Crippen molar-refractivity contribution < 1.29 is 19.4 Å². The van der Waals surface area contributed by atoms with Gasteiger partial charge in [-0.05, 0) is 13.0 Å². The summed E-state index contributed by atoms with van der Waals surface area (Å²) in [7, 11) is 3.09. The van der Waals surface area contributed by atoms with Crippen LogP contribution in [0.25, 0.3) is 0 Å². The normalized spacial score (nSPS) is 13.3. The molecule has 0 aliphatic rings. The summed E-state index contributed by atoms with van der Waals surface area (Å²) in [5.74, 6) is -0.946. The number of benzene rings is 1. The van der Waals surface area contributed by atoms with Gasteiger partial charge in [-0.1, -0.05) is 29.8 Å². The van der Waals surface area contributed by atoms with Gasteiger partial charge in [0.05, 0.1) is 12.5 Å². The minimum Gasteiger partial charge on any atom is -0.481 e. The topological polar surface area (TPSA) is 78.9 Å². The van der Waals surface area contributed by atoms with Gasteiger partial charge in [0.2, 0.25) is 0 Å². The first kappa shape index (κ1) is 18.3. The van der Waals surface area contributed by atoms with Crippen molar-refractivity contribution in [2.75, 3.05) is 20.7 Å². The zero-order chi connectivity index (χ0) is 16.7. The Hall–Kier alpha value is -1.79. The number of hydrogen-bond donors (Lipinski definition) is 2. The standard InChI is InChI=1S/C15H21ClN2O4/c1-10(17-15(21)18(2)9-8-13(19)20)14(22-3)11-6-4-5-7-12(11)16/h4-7,10,14H,8-9H2,1-3H3,(H,17,21)(H,19,20). The third-order valence-electron chi connectivity index (χ3n) is 3.28. The monoisotopic (exact) mass is 328 g/mol. The number of carbonyl (C=O) groups is 2. The summed E-state index contributed by atoms with van der Waals surface area (Å²) in [6.45, 7) is 1.94. The molecule has 7 heteroatoms. The molecular formula is C15H21ClN2O4. The van der Waals surface area contributed by atoms with Crippen LogP contribution in [0.1, 0.15) is 25.0 Å². The number of halogens is 1. The molecule has 0 spiro atoms. The lowest BCUT2D eigenvalue weighted by Crippen LogP contribution is -2.45. The number of hydrogen-bond acceptors (Lipinski definition) is 3. The van der Waals surface area contributed by atoms with E-state index in [-0.39, 0.29) is 25.0 Å². The molecule has 0 bridgehead atoms. The maximum absolute atomic E-state index is 12.0. The van der Waals surface area contributed by atoms with E-state index < -0.39 is 12.1 Å². The summed E-state index contributed by atoms with van der Waals surface area (Å²) in [6.07, 6.45) is -0.498. The fourth-order valence-corrected chi connectivity index (χ4v) is 2.30. The molecule has 0 aromatic heterocycles. The van der Waals surface area contributed by atoms with Crippen LogP contribution in [-0.2, 0) is 9.53 Å². The lowest BCUT2D eigenvalue weighted by Gasteiger charge is -2.27. The Morgan fingerprint density at radius 1 is 1.41 bits per heavy atom. The fraction of sp³-hybridized carbons (Fsp3) is 0.467. The molecule has 2 unspecified atom stereocenters. The molecule has 2 N–H and O–H groups in total. The number of nitrogens with zero attached hydrogens (tertiary/aromatic N) is 1. The SMILES string of the molecule is COC(c1ccccc1Cl)C(C)NC(=O)N(C)CCC(=O)O. The second-order valence-electron chi connectivity index (χ2n) is 4.98. The van der Waals surface area contributed by atoms with Crippen LogP contribution in [0.15, 0.2) is 24.3 Å². The zero-order valence-corrected chi connectivity index (χ0v) is 13.6. The van der Waals surface area contributed by atoms with E-state index in [1.165, 1.54) is 4.90 Å². The first-order valence-corrected chi connectivity index (χ1v) is 7.25. The summed E-state index contributed by atoms with van der Waals surface area (Å²) in [4.78, 5) is 23.9. The van der Waals surface area contributed by atoms with Crippen LogP contribution < -0.4 is 5.32 Å². The van der Waals surface area contributed by atoms with Crippen molar-refractivity contribution in [1.82, 2.24) is 10.2 Å². The molecule has 122 valence electrons. The van der Waals surface area contributed by atoms with Crippen LogP contribution in [0.3, 0.4) is 0 Å². The van der Waals surface area contributed by atoms with Gasteiger partial charge < -0.3 is 20.1 Å². The lowest BCUT2D eigenvalue weighted by atomic mass is 10.0. The smallest absolute Gasteiger partial charge is 0.317 e. The van der Waals surface area contributed by atoms with Crippen molar-refractivity contribution >= 4 is 23.6 Å². The van der Waals surface area contributed by atoms with Gasteiger partial charge in [-0.25, -0.2) is 4.79 Å². The van der Waals surface area contributed by atoms with E-state index in [9.17, 15) is 9.59 Å². The van der Waals surface area contributed by atoms with Crippen molar-refractivity contribution in [3.63, 3.8) is 0 Å². The van der Waals surface area contributed by atoms with E-state index in [4.69, 9.17) is 21.4 Å². The van der Waals surface area contributed by atoms with E-state index >= 15 is 0 Å². The average molecular weight is 329 g/mol. The number of carboxylic acid groups (broad SMARTS) is 1. The molecule has 2 amide bonds. The summed E-state index contributed by atoms with van der Waals surface area (Å²) >= 11 is 6.16. The Morgan fingerprint density at radius 3 is 2.59 bits per heavy atom. The average Bonchev–Trinajstić information content (AvgIpc) is 2.47. The third-order valence-corrected chi connectivity index (χ3v) is 3.62.